The molecule has 1 aliphatic rings. The average Bonchev–Trinajstić information content (AvgIpc) is 2.14. The Morgan fingerprint density at radius 2 is 2.00 bits per heavy atom. The molecule has 2 atom stereocenters. The van der Waals surface area contributed by atoms with Crippen LogP contribution in [0.1, 0.15) is 40.5 Å². The van der Waals surface area contributed by atoms with E-state index in [0.717, 1.165) is 12.8 Å². The van der Waals surface area contributed by atoms with Gasteiger partial charge >= 0.3 is 0 Å². The summed E-state index contributed by atoms with van der Waals surface area (Å²) in [4.78, 5) is 0. The van der Waals surface area contributed by atoms with Gasteiger partial charge in [0.1, 0.15) is 0 Å². The van der Waals surface area contributed by atoms with E-state index >= 15 is 0 Å². The normalized spacial score (nSPS) is 25.8. The lowest BCUT2D eigenvalue weighted by molar-refractivity contribution is 0.238. The summed E-state index contributed by atoms with van der Waals surface area (Å²) in [6, 6.07) is 0.0441. The van der Waals surface area contributed by atoms with E-state index in [1.807, 2.05) is 27.7 Å². The number of piperidine rings is 1. The first-order chi connectivity index (χ1) is 7.62. The topological polar surface area (TPSA) is 75.4 Å². The Morgan fingerprint density at radius 1 is 1.41 bits per heavy atom. The fourth-order valence-electron chi connectivity index (χ4n) is 2.07. The Hall–Kier alpha value is -0.170. The van der Waals surface area contributed by atoms with E-state index in [0.29, 0.717) is 13.1 Å². The van der Waals surface area contributed by atoms with Gasteiger partial charge in [-0.2, -0.15) is 17.4 Å². The molecule has 0 radical (unpaired) electrons. The maximum Gasteiger partial charge on any atom is 0.279 e. The molecule has 0 aromatic heterocycles. The first-order valence-corrected chi connectivity index (χ1v) is 7.60. The fourth-order valence-corrected chi connectivity index (χ4v) is 3.73. The summed E-state index contributed by atoms with van der Waals surface area (Å²) < 4.78 is 28.5. The van der Waals surface area contributed by atoms with Gasteiger partial charge in [0.15, 0.2) is 0 Å². The van der Waals surface area contributed by atoms with Crippen LogP contribution in [0, 0.1) is 5.92 Å². The van der Waals surface area contributed by atoms with Crippen LogP contribution in [-0.4, -0.2) is 37.4 Å². The van der Waals surface area contributed by atoms with Crippen LogP contribution in [0.2, 0.25) is 0 Å². The van der Waals surface area contributed by atoms with Crippen LogP contribution in [0.3, 0.4) is 0 Å². The molecule has 3 N–H and O–H groups in total. The molecule has 0 spiro atoms. The van der Waals surface area contributed by atoms with E-state index in [2.05, 4.69) is 4.72 Å². The van der Waals surface area contributed by atoms with Crippen LogP contribution in [0.15, 0.2) is 0 Å². The first kappa shape index (κ1) is 14.9. The maximum atomic E-state index is 12.1. The summed E-state index contributed by atoms with van der Waals surface area (Å²) >= 11 is 0. The van der Waals surface area contributed by atoms with Crippen molar-refractivity contribution in [3.63, 3.8) is 0 Å². The van der Waals surface area contributed by atoms with Crippen molar-refractivity contribution in [2.75, 3.05) is 13.1 Å². The zero-order valence-corrected chi connectivity index (χ0v) is 12.0. The standard InChI is InChI=1S/C11H25N3O2S/c1-9(12)10-6-5-7-14(8-10)17(15,16)13-11(2,3)4/h9-10,13H,5-8,12H2,1-4H3. The lowest BCUT2D eigenvalue weighted by atomic mass is 9.93. The molecular weight excluding hydrogens is 238 g/mol. The average molecular weight is 263 g/mol. The van der Waals surface area contributed by atoms with Gasteiger partial charge in [-0.25, -0.2) is 0 Å². The fraction of sp³-hybridized carbons (Fsp3) is 1.00. The molecule has 6 heteroatoms. The van der Waals surface area contributed by atoms with E-state index in [9.17, 15) is 8.42 Å². The zero-order valence-electron chi connectivity index (χ0n) is 11.2. The number of nitrogens with two attached hydrogens (primary N) is 1. The highest BCUT2D eigenvalue weighted by atomic mass is 32.2. The lowest BCUT2D eigenvalue weighted by Gasteiger charge is -2.35. The maximum absolute atomic E-state index is 12.1. The van der Waals surface area contributed by atoms with Crippen LogP contribution >= 0.6 is 0 Å². The minimum absolute atomic E-state index is 0.0441. The summed E-state index contributed by atoms with van der Waals surface area (Å²) in [7, 11) is -3.38. The molecule has 17 heavy (non-hydrogen) atoms. The third-order valence-corrected chi connectivity index (χ3v) is 4.82. The zero-order chi connectivity index (χ0) is 13.3. The predicted octanol–water partition coefficient (Wildman–Crippen LogP) is 0.679. The molecule has 1 rings (SSSR count). The van der Waals surface area contributed by atoms with Crippen molar-refractivity contribution in [3.8, 4) is 0 Å². The summed E-state index contributed by atoms with van der Waals surface area (Å²) in [5.41, 5.74) is 5.41. The van der Waals surface area contributed by atoms with Gasteiger partial charge < -0.3 is 5.73 Å². The highest BCUT2D eigenvalue weighted by molar-refractivity contribution is 7.87. The highest BCUT2D eigenvalue weighted by Gasteiger charge is 2.32. The van der Waals surface area contributed by atoms with E-state index in [4.69, 9.17) is 5.73 Å². The molecule has 0 amide bonds. The second-order valence-electron chi connectivity index (χ2n) is 5.98. The van der Waals surface area contributed by atoms with Crippen molar-refractivity contribution in [1.82, 2.24) is 9.03 Å². The summed E-state index contributed by atoms with van der Waals surface area (Å²) in [5.74, 6) is 0.264. The Morgan fingerprint density at radius 3 is 2.47 bits per heavy atom. The quantitative estimate of drug-likeness (QED) is 0.786. The van der Waals surface area contributed by atoms with Gasteiger partial charge in [0.2, 0.25) is 0 Å². The molecular formula is C11H25N3O2S. The molecule has 5 nitrogen and oxygen atoms in total. The largest absolute Gasteiger partial charge is 0.328 e. The van der Waals surface area contributed by atoms with Crippen molar-refractivity contribution in [1.29, 1.82) is 0 Å². The molecule has 102 valence electrons. The van der Waals surface area contributed by atoms with Crippen molar-refractivity contribution in [2.24, 2.45) is 11.7 Å². The van der Waals surface area contributed by atoms with Gasteiger partial charge in [0, 0.05) is 24.7 Å². The van der Waals surface area contributed by atoms with Gasteiger partial charge in [0.05, 0.1) is 0 Å². The molecule has 0 aromatic carbocycles. The van der Waals surface area contributed by atoms with E-state index in [-0.39, 0.29) is 12.0 Å². The lowest BCUT2D eigenvalue weighted by Crippen LogP contribution is -2.53. The van der Waals surface area contributed by atoms with Crippen LogP contribution in [-0.2, 0) is 10.2 Å². The molecule has 0 aliphatic carbocycles. The minimum Gasteiger partial charge on any atom is -0.328 e. The molecule has 0 bridgehead atoms. The van der Waals surface area contributed by atoms with E-state index in [1.54, 1.807) is 0 Å². The van der Waals surface area contributed by atoms with Crippen LogP contribution in [0.5, 0.6) is 0 Å². The molecule has 1 heterocycles. The number of hydrogen-bond acceptors (Lipinski definition) is 3. The van der Waals surface area contributed by atoms with Crippen LogP contribution in [0.25, 0.3) is 0 Å². The molecule has 2 unspecified atom stereocenters. The van der Waals surface area contributed by atoms with Crippen molar-refractivity contribution in [3.05, 3.63) is 0 Å². The highest BCUT2D eigenvalue weighted by Crippen LogP contribution is 2.21. The number of rotatable bonds is 3. The SMILES string of the molecule is CC(N)C1CCCN(S(=O)(=O)NC(C)(C)C)C1. The molecule has 1 saturated heterocycles. The monoisotopic (exact) mass is 263 g/mol. The number of hydrogen-bond donors (Lipinski definition) is 2. The molecule has 0 saturated carbocycles. The molecule has 1 aliphatic heterocycles. The summed E-state index contributed by atoms with van der Waals surface area (Å²) in [6.07, 6.45) is 1.90. The van der Waals surface area contributed by atoms with Gasteiger partial charge in [-0.1, -0.05) is 0 Å². The Bertz CT molecular complexity index is 346. The van der Waals surface area contributed by atoms with Crippen molar-refractivity contribution < 1.29 is 8.42 Å². The van der Waals surface area contributed by atoms with Gasteiger partial charge in [0.25, 0.3) is 10.2 Å². The Labute approximate surface area is 105 Å². The summed E-state index contributed by atoms with van der Waals surface area (Å²) in [5, 5.41) is 0. The van der Waals surface area contributed by atoms with Gasteiger partial charge in [-0.15, -0.1) is 0 Å². The molecule has 1 fully saturated rings. The summed E-state index contributed by atoms with van der Waals surface area (Å²) in [6.45, 7) is 8.60. The Balaban J connectivity index is 2.72. The van der Waals surface area contributed by atoms with Crippen molar-refractivity contribution in [2.45, 2.75) is 52.1 Å². The van der Waals surface area contributed by atoms with Crippen molar-refractivity contribution >= 4 is 10.2 Å². The second-order valence-corrected chi connectivity index (χ2v) is 7.65. The second kappa shape index (κ2) is 5.22. The number of nitrogens with one attached hydrogen (secondary N) is 1. The smallest absolute Gasteiger partial charge is 0.279 e. The first-order valence-electron chi connectivity index (χ1n) is 6.16. The van der Waals surface area contributed by atoms with E-state index in [1.165, 1.54) is 4.31 Å². The third-order valence-electron chi connectivity index (χ3n) is 2.94. The molecule has 0 aromatic rings. The minimum atomic E-state index is -3.38. The van der Waals surface area contributed by atoms with Gasteiger partial charge in [-0.05, 0) is 46.5 Å². The van der Waals surface area contributed by atoms with E-state index < -0.39 is 15.7 Å². The van der Waals surface area contributed by atoms with Gasteiger partial charge in [-0.3, -0.25) is 0 Å². The predicted molar refractivity (Wildman–Crippen MR) is 69.8 cm³/mol. The third kappa shape index (κ3) is 4.54. The van der Waals surface area contributed by atoms with Crippen LogP contribution in [0.4, 0.5) is 0 Å². The Kier molecular flexibility index (Phi) is 4.57. The van der Waals surface area contributed by atoms with Crippen LogP contribution < -0.4 is 10.5 Å². The number of nitrogens with zero attached hydrogens (tertiary/aromatic N) is 1.